The summed E-state index contributed by atoms with van der Waals surface area (Å²) in [5.41, 5.74) is 1.69. The van der Waals surface area contributed by atoms with Crippen molar-refractivity contribution in [3.63, 3.8) is 0 Å². The lowest BCUT2D eigenvalue weighted by Gasteiger charge is -2.09. The fourth-order valence-electron chi connectivity index (χ4n) is 2.02. The highest BCUT2D eigenvalue weighted by atomic mass is 16.5. The van der Waals surface area contributed by atoms with Gasteiger partial charge in [-0.25, -0.2) is 0 Å². The predicted octanol–water partition coefficient (Wildman–Crippen LogP) is 2.15. The molecule has 0 aliphatic rings. The molecule has 4 nitrogen and oxygen atoms in total. The molecule has 0 aliphatic heterocycles. The Morgan fingerprint density at radius 3 is 2.67 bits per heavy atom. The third kappa shape index (κ3) is 1.76. The van der Waals surface area contributed by atoms with Gasteiger partial charge in [0.25, 0.3) is 0 Å². The molecule has 4 heteroatoms. The third-order valence-corrected chi connectivity index (χ3v) is 2.77. The Kier molecular flexibility index (Phi) is 2.78. The van der Waals surface area contributed by atoms with E-state index in [0.717, 1.165) is 27.6 Å². The minimum absolute atomic E-state index is 0.00711. The largest absolute Gasteiger partial charge is 0.490 e. The van der Waals surface area contributed by atoms with Crippen molar-refractivity contribution in [1.29, 1.82) is 0 Å². The number of hydrogen-bond acceptors (Lipinski definition) is 4. The van der Waals surface area contributed by atoms with Crippen LogP contribution in [0.25, 0.3) is 21.8 Å². The lowest BCUT2D eigenvalue weighted by atomic mass is 10.1. The first-order valence-electron chi connectivity index (χ1n) is 5.76. The second-order valence-electron chi connectivity index (χ2n) is 3.92. The molecule has 0 spiro atoms. The van der Waals surface area contributed by atoms with Crippen LogP contribution < -0.4 is 4.74 Å². The van der Waals surface area contributed by atoms with Gasteiger partial charge in [0.1, 0.15) is 17.9 Å². The van der Waals surface area contributed by atoms with Gasteiger partial charge in [-0.1, -0.05) is 6.07 Å². The molecule has 0 unspecified atom stereocenters. The number of ether oxygens (including phenoxy) is 1. The third-order valence-electron chi connectivity index (χ3n) is 2.77. The first kappa shape index (κ1) is 10.9. The predicted molar refractivity (Wildman–Crippen MR) is 69.6 cm³/mol. The summed E-state index contributed by atoms with van der Waals surface area (Å²) in [6, 6.07) is 9.60. The Hall–Kier alpha value is -2.20. The monoisotopic (exact) mass is 240 g/mol. The van der Waals surface area contributed by atoms with Crippen LogP contribution in [-0.4, -0.2) is 28.3 Å². The van der Waals surface area contributed by atoms with Gasteiger partial charge in [0, 0.05) is 23.2 Å². The zero-order chi connectivity index (χ0) is 12.4. The molecule has 0 saturated heterocycles. The number of aromatic nitrogens is 2. The highest BCUT2D eigenvalue weighted by molar-refractivity contribution is 6.05. The molecular formula is C14H12N2O2. The summed E-state index contributed by atoms with van der Waals surface area (Å²) in [6.45, 7) is 0.266. The second kappa shape index (κ2) is 4.58. The van der Waals surface area contributed by atoms with Crippen molar-refractivity contribution in [3.05, 3.63) is 42.7 Å². The molecule has 3 aromatic rings. The fraction of sp³-hybridized carbons (Fsp3) is 0.143. The maximum absolute atomic E-state index is 8.86. The Morgan fingerprint density at radius 2 is 1.83 bits per heavy atom. The molecule has 1 aromatic carbocycles. The molecule has 2 heterocycles. The van der Waals surface area contributed by atoms with E-state index in [1.165, 1.54) is 0 Å². The van der Waals surface area contributed by atoms with E-state index in [2.05, 4.69) is 9.97 Å². The lowest BCUT2D eigenvalue weighted by Crippen LogP contribution is -2.02. The highest BCUT2D eigenvalue weighted by Gasteiger charge is 2.08. The summed E-state index contributed by atoms with van der Waals surface area (Å²) in [7, 11) is 0. The minimum atomic E-state index is -0.00711. The van der Waals surface area contributed by atoms with Gasteiger partial charge in [-0.3, -0.25) is 9.97 Å². The molecular weight excluding hydrogens is 228 g/mol. The van der Waals surface area contributed by atoms with Crippen molar-refractivity contribution in [1.82, 2.24) is 9.97 Å². The number of benzene rings is 1. The van der Waals surface area contributed by atoms with Crippen LogP contribution in [-0.2, 0) is 0 Å². The van der Waals surface area contributed by atoms with Gasteiger partial charge in [0.05, 0.1) is 12.1 Å². The number of nitrogens with zero attached hydrogens (tertiary/aromatic N) is 2. The molecule has 0 aliphatic carbocycles. The van der Waals surface area contributed by atoms with Gasteiger partial charge in [-0.05, 0) is 24.3 Å². The van der Waals surface area contributed by atoms with Crippen molar-refractivity contribution in [2.45, 2.75) is 0 Å². The first-order chi connectivity index (χ1) is 8.90. The zero-order valence-corrected chi connectivity index (χ0v) is 9.71. The normalized spacial score (nSPS) is 10.9. The molecule has 3 rings (SSSR count). The van der Waals surface area contributed by atoms with E-state index < -0.39 is 0 Å². The molecule has 0 amide bonds. The topological polar surface area (TPSA) is 55.2 Å². The average Bonchev–Trinajstić information content (AvgIpc) is 2.45. The van der Waals surface area contributed by atoms with Crippen LogP contribution in [0, 0.1) is 0 Å². The van der Waals surface area contributed by atoms with Gasteiger partial charge >= 0.3 is 0 Å². The van der Waals surface area contributed by atoms with Gasteiger partial charge in [0.15, 0.2) is 0 Å². The van der Waals surface area contributed by atoms with Crippen LogP contribution >= 0.6 is 0 Å². The number of aliphatic hydroxyl groups is 1. The van der Waals surface area contributed by atoms with E-state index in [4.69, 9.17) is 9.84 Å². The van der Waals surface area contributed by atoms with Crippen LogP contribution in [0.5, 0.6) is 5.75 Å². The van der Waals surface area contributed by atoms with Crippen molar-refractivity contribution in [2.75, 3.05) is 13.2 Å². The summed E-state index contributed by atoms with van der Waals surface area (Å²) >= 11 is 0. The maximum Gasteiger partial charge on any atom is 0.129 e. The number of hydrogen-bond donors (Lipinski definition) is 1. The number of aliphatic hydroxyl groups excluding tert-OH is 1. The standard InChI is InChI=1S/C14H12N2O2/c17-7-8-18-12-9-10-3-1-5-15-13(10)14-11(12)4-2-6-16-14/h1-6,9,17H,7-8H2. The van der Waals surface area contributed by atoms with Crippen LogP contribution in [0.2, 0.25) is 0 Å². The SMILES string of the molecule is OCCOc1cc2cccnc2c2ncccc12. The molecule has 90 valence electrons. The number of fused-ring (bicyclic) bond motifs is 3. The molecule has 0 saturated carbocycles. The summed E-state index contributed by atoms with van der Waals surface area (Å²) in [4.78, 5) is 8.74. The van der Waals surface area contributed by atoms with E-state index in [0.29, 0.717) is 0 Å². The Balaban J connectivity index is 2.32. The first-order valence-corrected chi connectivity index (χ1v) is 5.76. The minimum Gasteiger partial charge on any atom is -0.490 e. The van der Waals surface area contributed by atoms with Crippen LogP contribution in [0.1, 0.15) is 0 Å². The van der Waals surface area contributed by atoms with Crippen molar-refractivity contribution < 1.29 is 9.84 Å². The summed E-state index contributed by atoms with van der Waals surface area (Å²) in [5, 5.41) is 10.8. The molecule has 18 heavy (non-hydrogen) atoms. The molecule has 1 N–H and O–H groups in total. The van der Waals surface area contributed by atoms with Gasteiger partial charge in [0.2, 0.25) is 0 Å². The van der Waals surface area contributed by atoms with E-state index in [1.54, 1.807) is 12.4 Å². The Morgan fingerprint density at radius 1 is 1.06 bits per heavy atom. The smallest absolute Gasteiger partial charge is 0.129 e. The second-order valence-corrected chi connectivity index (χ2v) is 3.92. The maximum atomic E-state index is 8.86. The summed E-state index contributed by atoms with van der Waals surface area (Å²) < 4.78 is 5.56. The Labute approximate surface area is 104 Å². The molecule has 0 bridgehead atoms. The van der Waals surface area contributed by atoms with Crippen molar-refractivity contribution in [2.24, 2.45) is 0 Å². The van der Waals surface area contributed by atoms with Crippen LogP contribution in [0.3, 0.4) is 0 Å². The Bertz CT molecular complexity index is 698. The van der Waals surface area contributed by atoms with Gasteiger partial charge in [-0.15, -0.1) is 0 Å². The molecule has 0 atom stereocenters. The van der Waals surface area contributed by atoms with Crippen molar-refractivity contribution in [3.8, 4) is 5.75 Å². The number of pyridine rings is 2. The van der Waals surface area contributed by atoms with E-state index in [-0.39, 0.29) is 13.2 Å². The lowest BCUT2D eigenvalue weighted by molar-refractivity contribution is 0.203. The van der Waals surface area contributed by atoms with Gasteiger partial charge < -0.3 is 9.84 Å². The van der Waals surface area contributed by atoms with E-state index in [1.807, 2.05) is 30.3 Å². The van der Waals surface area contributed by atoms with Crippen LogP contribution in [0.15, 0.2) is 42.7 Å². The van der Waals surface area contributed by atoms with E-state index >= 15 is 0 Å². The van der Waals surface area contributed by atoms with Gasteiger partial charge in [-0.2, -0.15) is 0 Å². The molecule has 2 aromatic heterocycles. The molecule has 0 radical (unpaired) electrons. The summed E-state index contributed by atoms with van der Waals surface area (Å²) in [6.07, 6.45) is 3.50. The molecule has 0 fully saturated rings. The quantitative estimate of drug-likeness (QED) is 0.713. The van der Waals surface area contributed by atoms with Crippen molar-refractivity contribution >= 4 is 21.8 Å². The summed E-state index contributed by atoms with van der Waals surface area (Å²) in [5.74, 6) is 0.729. The fourth-order valence-corrected chi connectivity index (χ4v) is 2.02. The number of rotatable bonds is 3. The highest BCUT2D eigenvalue weighted by Crippen LogP contribution is 2.30. The zero-order valence-electron chi connectivity index (χ0n) is 9.71. The van der Waals surface area contributed by atoms with E-state index in [9.17, 15) is 0 Å². The average molecular weight is 240 g/mol. The van der Waals surface area contributed by atoms with Crippen LogP contribution in [0.4, 0.5) is 0 Å².